The highest BCUT2D eigenvalue weighted by Crippen LogP contribution is 2.31. The third-order valence-electron chi connectivity index (χ3n) is 4.91. The number of amides is 1. The van der Waals surface area contributed by atoms with E-state index in [0.717, 1.165) is 11.3 Å². The number of rotatable bonds is 9. The minimum Gasteiger partial charge on any atom is -0.481 e. The quantitative estimate of drug-likeness (QED) is 0.305. The van der Waals surface area contributed by atoms with Crippen molar-refractivity contribution < 1.29 is 13.9 Å². The molecule has 0 aliphatic rings. The first-order chi connectivity index (χ1) is 16.5. The van der Waals surface area contributed by atoms with Crippen LogP contribution in [-0.4, -0.2) is 26.4 Å². The molecule has 0 aliphatic heterocycles. The summed E-state index contributed by atoms with van der Waals surface area (Å²) in [7, 11) is 0. The van der Waals surface area contributed by atoms with E-state index in [4.69, 9.17) is 16.3 Å². The summed E-state index contributed by atoms with van der Waals surface area (Å²) in [5.41, 5.74) is 1.67. The zero-order valence-corrected chi connectivity index (χ0v) is 19.9. The smallest absolute Gasteiger partial charge is 0.230 e. The molecule has 0 aliphatic carbocycles. The first-order valence-corrected chi connectivity index (χ1v) is 11.9. The lowest BCUT2D eigenvalue weighted by atomic mass is 10.2. The van der Waals surface area contributed by atoms with Crippen molar-refractivity contribution in [2.45, 2.75) is 24.7 Å². The van der Waals surface area contributed by atoms with E-state index in [2.05, 4.69) is 15.5 Å². The van der Waals surface area contributed by atoms with Gasteiger partial charge in [-0.15, -0.1) is 10.2 Å². The summed E-state index contributed by atoms with van der Waals surface area (Å²) >= 11 is 7.52. The number of nitrogens with one attached hydrogen (secondary N) is 1. The van der Waals surface area contributed by atoms with Crippen molar-refractivity contribution in [2.75, 3.05) is 5.75 Å². The van der Waals surface area contributed by atoms with E-state index in [-0.39, 0.29) is 17.5 Å². The second kappa shape index (κ2) is 11.2. The molecule has 9 heteroatoms. The van der Waals surface area contributed by atoms with Crippen molar-refractivity contribution in [3.05, 3.63) is 101 Å². The summed E-state index contributed by atoms with van der Waals surface area (Å²) in [6, 6.07) is 22.9. The predicted molar refractivity (Wildman–Crippen MR) is 131 cm³/mol. The van der Waals surface area contributed by atoms with Crippen LogP contribution in [0.3, 0.4) is 0 Å². The standard InChI is InChI=1S/C25H22ClFN4O2S/c1-17(33-22-10-6-5-9-21(22)26)24-29-30-25(31(24)20-7-3-2-4-8-20)34-16-23(32)28-15-18-11-13-19(27)14-12-18/h2-14,17H,15-16H2,1H3,(H,28,32). The van der Waals surface area contributed by atoms with Crippen LogP contribution in [0.5, 0.6) is 5.75 Å². The molecule has 0 saturated heterocycles. The van der Waals surface area contributed by atoms with E-state index < -0.39 is 6.10 Å². The Balaban J connectivity index is 1.48. The Morgan fingerprint density at radius 3 is 2.50 bits per heavy atom. The van der Waals surface area contributed by atoms with E-state index in [0.29, 0.717) is 28.3 Å². The molecule has 3 aromatic carbocycles. The molecule has 0 fully saturated rings. The Morgan fingerprint density at radius 1 is 1.06 bits per heavy atom. The highest BCUT2D eigenvalue weighted by Gasteiger charge is 2.22. The van der Waals surface area contributed by atoms with Crippen LogP contribution in [0, 0.1) is 5.82 Å². The van der Waals surface area contributed by atoms with Gasteiger partial charge >= 0.3 is 0 Å². The zero-order chi connectivity index (χ0) is 23.9. The molecular weight excluding hydrogens is 475 g/mol. The maximum Gasteiger partial charge on any atom is 0.230 e. The molecule has 1 atom stereocenters. The summed E-state index contributed by atoms with van der Waals surface area (Å²) < 4.78 is 21.0. The van der Waals surface area contributed by atoms with Gasteiger partial charge in [0, 0.05) is 12.2 Å². The van der Waals surface area contributed by atoms with E-state index in [1.807, 2.05) is 54.0 Å². The largest absolute Gasteiger partial charge is 0.481 e. The summed E-state index contributed by atoms with van der Waals surface area (Å²) in [6.07, 6.45) is -0.450. The molecule has 0 saturated carbocycles. The molecule has 1 aromatic heterocycles. The summed E-state index contributed by atoms with van der Waals surface area (Å²) in [5, 5.41) is 12.6. The Morgan fingerprint density at radius 2 is 1.76 bits per heavy atom. The summed E-state index contributed by atoms with van der Waals surface area (Å²) in [6.45, 7) is 2.19. The molecule has 0 radical (unpaired) electrons. The number of thioether (sulfide) groups is 1. The average Bonchev–Trinajstić information content (AvgIpc) is 3.28. The molecule has 1 unspecified atom stereocenters. The number of carbonyl (C=O) groups is 1. The van der Waals surface area contributed by atoms with Gasteiger partial charge in [0.2, 0.25) is 5.91 Å². The van der Waals surface area contributed by atoms with Crippen LogP contribution >= 0.6 is 23.4 Å². The fraction of sp³-hybridized carbons (Fsp3) is 0.160. The number of halogens is 2. The monoisotopic (exact) mass is 496 g/mol. The highest BCUT2D eigenvalue weighted by molar-refractivity contribution is 7.99. The van der Waals surface area contributed by atoms with E-state index in [1.165, 1.54) is 23.9 Å². The first-order valence-electron chi connectivity index (χ1n) is 10.6. The van der Waals surface area contributed by atoms with Crippen LogP contribution in [0.1, 0.15) is 24.4 Å². The van der Waals surface area contributed by atoms with Crippen molar-refractivity contribution in [3.63, 3.8) is 0 Å². The average molecular weight is 497 g/mol. The molecule has 6 nitrogen and oxygen atoms in total. The Bertz CT molecular complexity index is 1250. The normalized spacial score (nSPS) is 11.7. The number of carbonyl (C=O) groups excluding carboxylic acids is 1. The number of benzene rings is 3. The van der Waals surface area contributed by atoms with Gasteiger partial charge in [0.25, 0.3) is 0 Å². The third kappa shape index (κ3) is 5.95. The van der Waals surface area contributed by atoms with E-state index in [1.54, 1.807) is 24.3 Å². The Labute approximate surface area is 206 Å². The summed E-state index contributed by atoms with van der Waals surface area (Å²) in [5.74, 6) is 0.800. The highest BCUT2D eigenvalue weighted by atomic mass is 35.5. The van der Waals surface area contributed by atoms with Crippen LogP contribution in [0.15, 0.2) is 84.0 Å². The molecule has 4 aromatic rings. The number of para-hydroxylation sites is 2. The van der Waals surface area contributed by atoms with Crippen LogP contribution in [0.4, 0.5) is 4.39 Å². The maximum absolute atomic E-state index is 13.1. The van der Waals surface area contributed by atoms with Gasteiger partial charge in [-0.05, 0) is 48.9 Å². The molecule has 1 heterocycles. The second-order valence-electron chi connectivity index (χ2n) is 7.39. The Kier molecular flexibility index (Phi) is 7.82. The summed E-state index contributed by atoms with van der Waals surface area (Å²) in [4.78, 5) is 12.4. The lowest BCUT2D eigenvalue weighted by Gasteiger charge is -2.17. The van der Waals surface area contributed by atoms with Crippen molar-refractivity contribution in [2.24, 2.45) is 0 Å². The van der Waals surface area contributed by atoms with E-state index >= 15 is 0 Å². The minimum absolute atomic E-state index is 0.145. The van der Waals surface area contributed by atoms with Crippen molar-refractivity contribution in [1.82, 2.24) is 20.1 Å². The second-order valence-corrected chi connectivity index (χ2v) is 8.74. The first kappa shape index (κ1) is 23.8. The molecule has 174 valence electrons. The van der Waals surface area contributed by atoms with Gasteiger partial charge in [-0.3, -0.25) is 9.36 Å². The maximum atomic E-state index is 13.1. The minimum atomic E-state index is -0.450. The number of aromatic nitrogens is 3. The van der Waals surface area contributed by atoms with Gasteiger partial charge in [-0.1, -0.05) is 65.8 Å². The number of nitrogens with zero attached hydrogens (tertiary/aromatic N) is 3. The molecule has 0 bridgehead atoms. The van der Waals surface area contributed by atoms with Crippen LogP contribution < -0.4 is 10.1 Å². The molecule has 1 N–H and O–H groups in total. The lowest BCUT2D eigenvalue weighted by Crippen LogP contribution is -2.24. The van der Waals surface area contributed by atoms with Gasteiger partial charge in [-0.2, -0.15) is 0 Å². The van der Waals surface area contributed by atoms with Crippen molar-refractivity contribution >= 4 is 29.3 Å². The van der Waals surface area contributed by atoms with Gasteiger partial charge in [-0.25, -0.2) is 4.39 Å². The predicted octanol–water partition coefficient (Wildman–Crippen LogP) is 5.61. The molecule has 1 amide bonds. The number of hydrogen-bond acceptors (Lipinski definition) is 5. The van der Waals surface area contributed by atoms with Crippen molar-refractivity contribution in [1.29, 1.82) is 0 Å². The van der Waals surface area contributed by atoms with Gasteiger partial charge in [0.15, 0.2) is 17.1 Å². The molecular formula is C25H22ClFN4O2S. The molecule has 34 heavy (non-hydrogen) atoms. The molecule has 4 rings (SSSR count). The number of ether oxygens (including phenoxy) is 1. The van der Waals surface area contributed by atoms with Crippen molar-refractivity contribution in [3.8, 4) is 11.4 Å². The lowest BCUT2D eigenvalue weighted by molar-refractivity contribution is -0.118. The fourth-order valence-corrected chi connectivity index (χ4v) is 4.19. The van der Waals surface area contributed by atoms with Crippen LogP contribution in [0.2, 0.25) is 5.02 Å². The van der Waals surface area contributed by atoms with Gasteiger partial charge in [0.05, 0.1) is 10.8 Å². The van der Waals surface area contributed by atoms with Gasteiger partial charge in [0.1, 0.15) is 11.6 Å². The topological polar surface area (TPSA) is 69.0 Å². The Hall–Kier alpha value is -3.36. The van der Waals surface area contributed by atoms with Crippen LogP contribution in [-0.2, 0) is 11.3 Å². The molecule has 0 spiro atoms. The van der Waals surface area contributed by atoms with Gasteiger partial charge < -0.3 is 10.1 Å². The van der Waals surface area contributed by atoms with E-state index in [9.17, 15) is 9.18 Å². The zero-order valence-electron chi connectivity index (χ0n) is 18.3. The SMILES string of the molecule is CC(Oc1ccccc1Cl)c1nnc(SCC(=O)NCc2ccc(F)cc2)n1-c1ccccc1. The third-order valence-corrected chi connectivity index (χ3v) is 6.15. The van der Waals surface area contributed by atoms with Crippen LogP contribution in [0.25, 0.3) is 5.69 Å². The fourth-order valence-electron chi connectivity index (χ4n) is 3.23. The number of hydrogen-bond donors (Lipinski definition) is 1.